The summed E-state index contributed by atoms with van der Waals surface area (Å²) in [6.07, 6.45) is 0. The largest absolute Gasteiger partial charge is 0.351 e. The lowest BCUT2D eigenvalue weighted by Crippen LogP contribution is -2.29. The highest BCUT2D eigenvalue weighted by Crippen LogP contribution is 2.32. The number of halogens is 1. The van der Waals surface area contributed by atoms with E-state index in [4.69, 9.17) is 5.73 Å². The van der Waals surface area contributed by atoms with Crippen molar-refractivity contribution in [2.24, 2.45) is 5.73 Å². The Hall–Kier alpha value is -2.37. The van der Waals surface area contributed by atoms with E-state index in [0.717, 1.165) is 5.69 Å². The minimum Gasteiger partial charge on any atom is -0.351 e. The minimum absolute atomic E-state index is 0. The summed E-state index contributed by atoms with van der Waals surface area (Å²) in [6.45, 7) is 13.8. The number of nitrogens with two attached hydrogens (primary N) is 1. The first-order valence-corrected chi connectivity index (χ1v) is 9.97. The number of anilines is 1. The maximum absolute atomic E-state index is 12.8. The van der Waals surface area contributed by atoms with Crippen LogP contribution in [0.2, 0.25) is 0 Å². The highest BCUT2D eigenvalue weighted by atomic mass is 35.5. The van der Waals surface area contributed by atoms with Crippen LogP contribution < -0.4 is 16.4 Å². The van der Waals surface area contributed by atoms with Gasteiger partial charge in [-0.05, 0) is 58.4 Å². The summed E-state index contributed by atoms with van der Waals surface area (Å²) in [4.78, 5) is 24.7. The number of hydrogen-bond acceptors (Lipinski definition) is 3. The van der Waals surface area contributed by atoms with Crippen molar-refractivity contribution in [3.63, 3.8) is 0 Å². The Kier molecular flexibility index (Phi) is 8.64. The van der Waals surface area contributed by atoms with Crippen LogP contribution in [0.1, 0.15) is 73.4 Å². The van der Waals surface area contributed by atoms with E-state index in [1.54, 1.807) is 24.3 Å². The van der Waals surface area contributed by atoms with Crippen molar-refractivity contribution in [1.82, 2.24) is 5.32 Å². The molecule has 0 saturated carbocycles. The second-order valence-electron chi connectivity index (χ2n) is 9.38. The second-order valence-corrected chi connectivity index (χ2v) is 9.38. The topological polar surface area (TPSA) is 84.2 Å². The van der Waals surface area contributed by atoms with Crippen LogP contribution in [0.5, 0.6) is 0 Å². The minimum atomic E-state index is -0.204. The van der Waals surface area contributed by atoms with Crippen molar-refractivity contribution in [2.45, 2.75) is 52.4 Å². The van der Waals surface area contributed by atoms with E-state index in [1.807, 2.05) is 12.1 Å². The van der Waals surface area contributed by atoms with Crippen LogP contribution in [-0.4, -0.2) is 24.9 Å². The fraction of sp³-hybridized carbons (Fsp3) is 0.417. The molecule has 164 valence electrons. The molecular formula is C24H34ClN3O2. The molecule has 2 aromatic rings. The first-order chi connectivity index (χ1) is 13.4. The van der Waals surface area contributed by atoms with Gasteiger partial charge in [-0.3, -0.25) is 9.59 Å². The van der Waals surface area contributed by atoms with Gasteiger partial charge in [0.05, 0.1) is 0 Å². The van der Waals surface area contributed by atoms with Crippen LogP contribution in [-0.2, 0) is 10.8 Å². The molecule has 0 bridgehead atoms. The molecule has 6 heteroatoms. The normalized spacial score (nSPS) is 11.4. The molecule has 0 spiro atoms. The number of hydrogen-bond donors (Lipinski definition) is 3. The molecule has 0 atom stereocenters. The summed E-state index contributed by atoms with van der Waals surface area (Å²) >= 11 is 0. The molecule has 0 radical (unpaired) electrons. The third kappa shape index (κ3) is 6.85. The van der Waals surface area contributed by atoms with Crippen molar-refractivity contribution in [3.05, 3.63) is 64.7 Å². The number of benzene rings is 2. The molecule has 0 aromatic heterocycles. The van der Waals surface area contributed by atoms with Gasteiger partial charge in [-0.2, -0.15) is 0 Å². The Morgan fingerprint density at radius 3 is 1.63 bits per heavy atom. The molecule has 30 heavy (non-hydrogen) atoms. The molecule has 2 rings (SSSR count). The van der Waals surface area contributed by atoms with Crippen LogP contribution in [0, 0.1) is 0 Å². The lowest BCUT2D eigenvalue weighted by atomic mass is 9.80. The van der Waals surface area contributed by atoms with E-state index in [9.17, 15) is 9.59 Å². The van der Waals surface area contributed by atoms with Gasteiger partial charge in [0.25, 0.3) is 11.8 Å². The predicted octanol–water partition coefficient (Wildman–Crippen LogP) is 4.64. The third-order valence-corrected chi connectivity index (χ3v) is 4.76. The van der Waals surface area contributed by atoms with E-state index in [2.05, 4.69) is 58.2 Å². The van der Waals surface area contributed by atoms with E-state index < -0.39 is 0 Å². The van der Waals surface area contributed by atoms with Gasteiger partial charge in [-0.1, -0.05) is 47.6 Å². The maximum Gasteiger partial charge on any atom is 0.255 e. The lowest BCUT2D eigenvalue weighted by molar-refractivity contribution is 0.0953. The Morgan fingerprint density at radius 1 is 0.800 bits per heavy atom. The van der Waals surface area contributed by atoms with Crippen molar-refractivity contribution in [2.75, 3.05) is 18.4 Å². The summed E-state index contributed by atoms with van der Waals surface area (Å²) in [5.41, 5.74) is 9.46. The maximum atomic E-state index is 12.8. The predicted molar refractivity (Wildman–Crippen MR) is 127 cm³/mol. The smallest absolute Gasteiger partial charge is 0.255 e. The number of nitrogens with one attached hydrogen (secondary N) is 2. The summed E-state index contributed by atoms with van der Waals surface area (Å²) in [7, 11) is 0. The molecule has 4 N–H and O–H groups in total. The molecule has 0 aliphatic carbocycles. The zero-order chi connectivity index (χ0) is 21.8. The first kappa shape index (κ1) is 25.7. The monoisotopic (exact) mass is 431 g/mol. The summed E-state index contributed by atoms with van der Waals surface area (Å²) in [6, 6.07) is 12.9. The van der Waals surface area contributed by atoms with Gasteiger partial charge in [-0.25, -0.2) is 0 Å². The molecular weight excluding hydrogens is 398 g/mol. The summed E-state index contributed by atoms with van der Waals surface area (Å²) < 4.78 is 0. The standard InChI is InChI=1S/C24H33N3O2.ClH/c1-23(2,3)18-13-19(24(4,5)6)15-20(14-18)27-22(29)17-9-7-16(8-10-17)21(28)26-12-11-25;/h7-10,13-15H,11-12,25H2,1-6H3,(H,26,28)(H,27,29);1H. The van der Waals surface area contributed by atoms with Gasteiger partial charge in [0.2, 0.25) is 0 Å². The first-order valence-electron chi connectivity index (χ1n) is 9.97. The van der Waals surface area contributed by atoms with Crippen molar-refractivity contribution < 1.29 is 9.59 Å². The molecule has 5 nitrogen and oxygen atoms in total. The van der Waals surface area contributed by atoms with E-state index in [0.29, 0.717) is 24.2 Å². The summed E-state index contributed by atoms with van der Waals surface area (Å²) in [5, 5.41) is 5.72. The van der Waals surface area contributed by atoms with Crippen LogP contribution >= 0.6 is 12.4 Å². The number of amides is 2. The van der Waals surface area contributed by atoms with Crippen LogP contribution in [0.4, 0.5) is 5.69 Å². The van der Waals surface area contributed by atoms with Crippen LogP contribution in [0.3, 0.4) is 0 Å². The molecule has 2 aromatic carbocycles. The highest BCUT2D eigenvalue weighted by molar-refractivity contribution is 6.05. The quantitative estimate of drug-likeness (QED) is 0.644. The Balaban J connectivity index is 0.00000450. The Bertz CT molecular complexity index is 847. The third-order valence-electron chi connectivity index (χ3n) is 4.76. The molecule has 0 heterocycles. The van der Waals surface area contributed by atoms with Gasteiger partial charge in [0, 0.05) is 29.9 Å². The Labute approximate surface area is 186 Å². The molecule has 0 saturated heterocycles. The highest BCUT2D eigenvalue weighted by Gasteiger charge is 2.21. The molecule has 2 amide bonds. The van der Waals surface area contributed by atoms with Gasteiger partial charge in [0.1, 0.15) is 0 Å². The van der Waals surface area contributed by atoms with E-state index in [-0.39, 0.29) is 35.1 Å². The number of carbonyl (C=O) groups is 2. The number of rotatable bonds is 5. The zero-order valence-corrected chi connectivity index (χ0v) is 19.6. The fourth-order valence-electron chi connectivity index (χ4n) is 2.83. The van der Waals surface area contributed by atoms with Crippen LogP contribution in [0.15, 0.2) is 42.5 Å². The van der Waals surface area contributed by atoms with Crippen LogP contribution in [0.25, 0.3) is 0 Å². The molecule has 0 aliphatic heterocycles. The van der Waals surface area contributed by atoms with E-state index in [1.165, 1.54) is 11.1 Å². The van der Waals surface area contributed by atoms with Crippen molar-refractivity contribution in [3.8, 4) is 0 Å². The SMILES string of the molecule is CC(C)(C)c1cc(NC(=O)c2ccc(C(=O)NCCN)cc2)cc(C(C)(C)C)c1.Cl. The molecule has 0 unspecified atom stereocenters. The summed E-state index contributed by atoms with van der Waals surface area (Å²) in [5.74, 6) is -0.403. The second kappa shape index (κ2) is 10.1. The van der Waals surface area contributed by atoms with Crippen molar-refractivity contribution >= 4 is 29.9 Å². The van der Waals surface area contributed by atoms with Gasteiger partial charge >= 0.3 is 0 Å². The number of carbonyl (C=O) groups excluding carboxylic acids is 2. The van der Waals surface area contributed by atoms with Gasteiger partial charge < -0.3 is 16.4 Å². The zero-order valence-electron chi connectivity index (χ0n) is 18.8. The lowest BCUT2D eigenvalue weighted by Gasteiger charge is -2.26. The van der Waals surface area contributed by atoms with Gasteiger partial charge in [0.15, 0.2) is 0 Å². The molecule has 0 fully saturated rings. The Morgan fingerprint density at radius 2 is 1.23 bits per heavy atom. The molecule has 0 aliphatic rings. The van der Waals surface area contributed by atoms with E-state index >= 15 is 0 Å². The average molecular weight is 432 g/mol. The van der Waals surface area contributed by atoms with Crippen molar-refractivity contribution in [1.29, 1.82) is 0 Å². The average Bonchev–Trinajstić information content (AvgIpc) is 2.64. The fourth-order valence-corrected chi connectivity index (χ4v) is 2.83. The van der Waals surface area contributed by atoms with Gasteiger partial charge in [-0.15, -0.1) is 12.4 Å².